The molecule has 0 radical (unpaired) electrons. The summed E-state index contributed by atoms with van der Waals surface area (Å²) in [7, 11) is 0. The van der Waals surface area contributed by atoms with Crippen LogP contribution in [-0.4, -0.2) is 46.7 Å². The predicted molar refractivity (Wildman–Crippen MR) is 94.7 cm³/mol. The second-order valence-electron chi connectivity index (χ2n) is 7.13. The minimum Gasteiger partial charge on any atom is -0.378 e. The molecule has 30 heavy (non-hydrogen) atoms. The third-order valence-corrected chi connectivity index (χ3v) is 4.84. The lowest BCUT2D eigenvalue weighted by atomic mass is 10.00. The topological polar surface area (TPSA) is 64.3 Å². The standard InChI is InChI=1S/C13H17F3N4O.C6H3F3/c14-13(15,16)12-18-4-8-1-2-20(5-11(8)19-12)10-3-9(17)6-21-7-10;7-4-1-2-5(8)6(9)3-4/h4,9-10H,1-3,5-7,17H2;1-3H/t9-,10+;/m0./s1. The van der Waals surface area contributed by atoms with Crippen LogP contribution in [-0.2, 0) is 23.9 Å². The maximum absolute atomic E-state index is 12.7. The van der Waals surface area contributed by atoms with Gasteiger partial charge in [0.1, 0.15) is 5.82 Å². The van der Waals surface area contributed by atoms with E-state index in [0.717, 1.165) is 30.7 Å². The van der Waals surface area contributed by atoms with Crippen molar-refractivity contribution < 1.29 is 31.1 Å². The summed E-state index contributed by atoms with van der Waals surface area (Å²) in [5, 5.41) is 0. The van der Waals surface area contributed by atoms with Crippen molar-refractivity contribution in [2.45, 2.75) is 37.6 Å². The van der Waals surface area contributed by atoms with Crippen LogP contribution in [0.1, 0.15) is 23.5 Å². The molecule has 1 fully saturated rings. The number of ether oxygens (including phenoxy) is 1. The van der Waals surface area contributed by atoms with Gasteiger partial charge in [-0.15, -0.1) is 0 Å². The molecule has 11 heteroatoms. The molecule has 2 aliphatic rings. The molecule has 0 unspecified atom stereocenters. The van der Waals surface area contributed by atoms with E-state index in [-0.39, 0.29) is 12.1 Å². The molecule has 1 aromatic heterocycles. The van der Waals surface area contributed by atoms with Gasteiger partial charge in [-0.05, 0) is 30.5 Å². The SMILES string of the molecule is Fc1ccc(F)c(F)c1.N[C@@H]1COC[C@H](N2CCc3cnc(C(F)(F)F)nc3C2)C1. The quantitative estimate of drug-likeness (QED) is 0.552. The van der Waals surface area contributed by atoms with Crippen LogP contribution >= 0.6 is 0 Å². The van der Waals surface area contributed by atoms with Gasteiger partial charge in [-0.2, -0.15) is 13.2 Å². The van der Waals surface area contributed by atoms with E-state index in [0.29, 0.717) is 37.9 Å². The molecule has 0 saturated carbocycles. The summed E-state index contributed by atoms with van der Waals surface area (Å²) in [6.45, 7) is 2.27. The van der Waals surface area contributed by atoms with Crippen molar-refractivity contribution >= 4 is 0 Å². The molecule has 2 atom stereocenters. The number of hydrogen-bond acceptors (Lipinski definition) is 5. The Morgan fingerprint density at radius 2 is 1.87 bits per heavy atom. The van der Waals surface area contributed by atoms with Crippen molar-refractivity contribution in [2.75, 3.05) is 19.8 Å². The highest BCUT2D eigenvalue weighted by Crippen LogP contribution is 2.28. The molecular weight excluding hydrogens is 414 g/mol. The van der Waals surface area contributed by atoms with Gasteiger partial charge in [0.25, 0.3) is 0 Å². The Kier molecular flexibility index (Phi) is 6.94. The first-order valence-corrected chi connectivity index (χ1v) is 9.23. The van der Waals surface area contributed by atoms with Gasteiger partial charge in [-0.3, -0.25) is 4.90 Å². The van der Waals surface area contributed by atoms with Gasteiger partial charge in [-0.25, -0.2) is 23.1 Å². The van der Waals surface area contributed by atoms with E-state index in [1.165, 1.54) is 6.20 Å². The number of rotatable bonds is 1. The van der Waals surface area contributed by atoms with Crippen LogP contribution in [0.5, 0.6) is 0 Å². The number of hydrogen-bond donors (Lipinski definition) is 1. The summed E-state index contributed by atoms with van der Waals surface area (Å²) in [5.41, 5.74) is 7.13. The van der Waals surface area contributed by atoms with Gasteiger partial charge in [0.15, 0.2) is 11.6 Å². The van der Waals surface area contributed by atoms with Gasteiger partial charge in [-0.1, -0.05) is 0 Å². The minimum atomic E-state index is -4.51. The maximum atomic E-state index is 12.7. The number of fused-ring (bicyclic) bond motifs is 1. The van der Waals surface area contributed by atoms with E-state index in [1.807, 2.05) is 0 Å². The Hall–Kier alpha value is -2.24. The number of nitrogens with zero attached hydrogens (tertiary/aromatic N) is 3. The van der Waals surface area contributed by atoms with Crippen LogP contribution in [0.25, 0.3) is 0 Å². The molecule has 2 N–H and O–H groups in total. The van der Waals surface area contributed by atoms with E-state index in [9.17, 15) is 26.3 Å². The molecule has 1 saturated heterocycles. The number of nitrogens with two attached hydrogens (primary N) is 1. The smallest absolute Gasteiger partial charge is 0.378 e. The normalized spacial score (nSPS) is 22.1. The fourth-order valence-corrected chi connectivity index (χ4v) is 3.34. The van der Waals surface area contributed by atoms with Gasteiger partial charge in [0, 0.05) is 37.4 Å². The first-order valence-electron chi connectivity index (χ1n) is 9.23. The molecular formula is C19H20F6N4O. The Labute approximate surface area is 168 Å². The van der Waals surface area contributed by atoms with Crippen molar-refractivity contribution in [3.05, 3.63) is 58.9 Å². The van der Waals surface area contributed by atoms with Crippen LogP contribution in [0.4, 0.5) is 26.3 Å². The lowest BCUT2D eigenvalue weighted by Crippen LogP contribution is -2.49. The molecule has 3 heterocycles. The fourth-order valence-electron chi connectivity index (χ4n) is 3.34. The van der Waals surface area contributed by atoms with Gasteiger partial charge in [0.2, 0.25) is 5.82 Å². The molecule has 164 valence electrons. The van der Waals surface area contributed by atoms with Crippen molar-refractivity contribution in [1.29, 1.82) is 0 Å². The molecule has 1 aromatic carbocycles. The predicted octanol–water partition coefficient (Wildman–Crippen LogP) is 3.07. The fraction of sp³-hybridized carbons (Fsp3) is 0.474. The average molecular weight is 434 g/mol. The van der Waals surface area contributed by atoms with Crippen LogP contribution < -0.4 is 5.73 Å². The Morgan fingerprint density at radius 3 is 2.50 bits per heavy atom. The zero-order chi connectivity index (χ0) is 21.9. The van der Waals surface area contributed by atoms with Crippen molar-refractivity contribution in [3.63, 3.8) is 0 Å². The number of benzene rings is 1. The summed E-state index contributed by atoms with van der Waals surface area (Å²) in [5.74, 6) is -4.03. The van der Waals surface area contributed by atoms with Gasteiger partial charge < -0.3 is 10.5 Å². The highest BCUT2D eigenvalue weighted by Gasteiger charge is 2.36. The Balaban J connectivity index is 0.000000239. The zero-order valence-electron chi connectivity index (χ0n) is 15.8. The van der Waals surface area contributed by atoms with Crippen LogP contribution in [0, 0.1) is 17.5 Å². The van der Waals surface area contributed by atoms with E-state index in [1.54, 1.807) is 0 Å². The first kappa shape index (κ1) is 22.4. The highest BCUT2D eigenvalue weighted by molar-refractivity contribution is 5.21. The molecule has 2 aromatic rings. The maximum Gasteiger partial charge on any atom is 0.451 e. The van der Waals surface area contributed by atoms with E-state index < -0.39 is 29.5 Å². The third-order valence-electron chi connectivity index (χ3n) is 4.84. The molecule has 4 rings (SSSR count). The van der Waals surface area contributed by atoms with Crippen molar-refractivity contribution in [1.82, 2.24) is 14.9 Å². The summed E-state index contributed by atoms with van der Waals surface area (Å²) in [6, 6.07) is 2.23. The van der Waals surface area contributed by atoms with Gasteiger partial charge in [0.05, 0.1) is 18.9 Å². The van der Waals surface area contributed by atoms with E-state index in [2.05, 4.69) is 14.9 Å². The second-order valence-corrected chi connectivity index (χ2v) is 7.13. The van der Waals surface area contributed by atoms with Crippen LogP contribution in [0.3, 0.4) is 0 Å². The summed E-state index contributed by atoms with van der Waals surface area (Å²) >= 11 is 0. The lowest BCUT2D eigenvalue weighted by molar-refractivity contribution is -0.145. The average Bonchev–Trinajstić information content (AvgIpc) is 2.70. The van der Waals surface area contributed by atoms with E-state index >= 15 is 0 Å². The van der Waals surface area contributed by atoms with Crippen LogP contribution in [0.15, 0.2) is 24.4 Å². The monoisotopic (exact) mass is 434 g/mol. The number of aromatic nitrogens is 2. The molecule has 0 amide bonds. The lowest BCUT2D eigenvalue weighted by Gasteiger charge is -2.38. The number of alkyl halides is 3. The third kappa shape index (κ3) is 5.67. The second kappa shape index (κ2) is 9.27. The van der Waals surface area contributed by atoms with E-state index in [4.69, 9.17) is 10.5 Å². The Morgan fingerprint density at radius 1 is 1.10 bits per heavy atom. The molecule has 0 bridgehead atoms. The van der Waals surface area contributed by atoms with Crippen molar-refractivity contribution in [2.24, 2.45) is 5.73 Å². The summed E-state index contributed by atoms with van der Waals surface area (Å²) < 4.78 is 79.4. The van der Waals surface area contributed by atoms with Gasteiger partial charge >= 0.3 is 6.18 Å². The molecule has 0 spiro atoms. The first-order chi connectivity index (χ1) is 14.1. The molecule has 0 aliphatic carbocycles. The Bertz CT molecular complexity index is 879. The van der Waals surface area contributed by atoms with Crippen LogP contribution in [0.2, 0.25) is 0 Å². The highest BCUT2D eigenvalue weighted by atomic mass is 19.4. The largest absolute Gasteiger partial charge is 0.451 e. The summed E-state index contributed by atoms with van der Waals surface area (Å²) in [4.78, 5) is 9.22. The molecule has 2 aliphatic heterocycles. The summed E-state index contributed by atoms with van der Waals surface area (Å²) in [6.07, 6.45) is -1.76. The molecule has 5 nitrogen and oxygen atoms in total. The zero-order valence-corrected chi connectivity index (χ0v) is 15.8. The number of halogens is 6. The minimum absolute atomic E-state index is 0.0127. The van der Waals surface area contributed by atoms with Crippen molar-refractivity contribution in [3.8, 4) is 0 Å².